The molecule has 0 aromatic heterocycles. The fourth-order valence-electron chi connectivity index (χ4n) is 2.71. The molecule has 0 aliphatic rings. The zero-order valence-corrected chi connectivity index (χ0v) is 16.0. The monoisotopic (exact) mass is 352 g/mol. The number of nitrogens with one attached hydrogen (secondary N) is 3. The molecule has 0 saturated carbocycles. The predicted octanol–water partition coefficient (Wildman–Crippen LogP) is 3.42. The quantitative estimate of drug-likeness (QED) is 0.551. The van der Waals surface area contributed by atoms with Crippen molar-refractivity contribution in [2.75, 3.05) is 18.9 Å². The van der Waals surface area contributed by atoms with Gasteiger partial charge in [0, 0.05) is 32.7 Å². The summed E-state index contributed by atoms with van der Waals surface area (Å²) in [5.74, 6) is 1.07. The first-order valence-electron chi connectivity index (χ1n) is 8.85. The molecule has 26 heavy (non-hydrogen) atoms. The number of anilines is 1. The van der Waals surface area contributed by atoms with Crippen LogP contribution in [0.4, 0.5) is 5.69 Å². The van der Waals surface area contributed by atoms with Crippen LogP contribution in [0.3, 0.4) is 0 Å². The van der Waals surface area contributed by atoms with Crippen LogP contribution in [0, 0.1) is 6.92 Å². The second-order valence-electron chi connectivity index (χ2n) is 6.50. The largest absolute Gasteiger partial charge is 0.356 e. The van der Waals surface area contributed by atoms with Gasteiger partial charge in [0.1, 0.15) is 0 Å². The minimum absolute atomic E-state index is 0.0716. The lowest BCUT2D eigenvalue weighted by Crippen LogP contribution is -2.38. The van der Waals surface area contributed by atoms with Crippen molar-refractivity contribution in [1.82, 2.24) is 10.6 Å². The highest BCUT2D eigenvalue weighted by Crippen LogP contribution is 2.15. The minimum Gasteiger partial charge on any atom is -0.356 e. The van der Waals surface area contributed by atoms with Crippen molar-refractivity contribution in [1.29, 1.82) is 0 Å². The van der Waals surface area contributed by atoms with Crippen LogP contribution in [-0.4, -0.2) is 25.5 Å². The molecule has 0 heterocycles. The van der Waals surface area contributed by atoms with E-state index in [1.54, 1.807) is 7.05 Å². The Morgan fingerprint density at radius 1 is 1.12 bits per heavy atom. The number of guanidine groups is 1. The Morgan fingerprint density at radius 3 is 2.58 bits per heavy atom. The zero-order chi connectivity index (χ0) is 18.9. The van der Waals surface area contributed by atoms with Gasteiger partial charge in [0.25, 0.3) is 0 Å². The number of carbonyl (C=O) groups excluding carboxylic acids is 1. The van der Waals surface area contributed by atoms with Crippen LogP contribution in [-0.2, 0) is 11.3 Å². The highest BCUT2D eigenvalue weighted by atomic mass is 16.1. The molecule has 2 rings (SSSR count). The van der Waals surface area contributed by atoms with Gasteiger partial charge >= 0.3 is 0 Å². The first-order valence-corrected chi connectivity index (χ1v) is 8.85. The summed E-state index contributed by atoms with van der Waals surface area (Å²) in [7, 11) is 1.76. The number of benzene rings is 2. The van der Waals surface area contributed by atoms with Crippen molar-refractivity contribution in [2.24, 2.45) is 4.99 Å². The van der Waals surface area contributed by atoms with E-state index < -0.39 is 0 Å². The second-order valence-corrected chi connectivity index (χ2v) is 6.50. The molecule has 0 bridgehead atoms. The van der Waals surface area contributed by atoms with E-state index in [0.29, 0.717) is 12.5 Å². The molecule has 1 unspecified atom stereocenters. The van der Waals surface area contributed by atoms with Crippen molar-refractivity contribution < 1.29 is 4.79 Å². The number of amides is 1. The van der Waals surface area contributed by atoms with Crippen LogP contribution >= 0.6 is 0 Å². The highest BCUT2D eigenvalue weighted by Gasteiger charge is 2.07. The van der Waals surface area contributed by atoms with Gasteiger partial charge in [0.15, 0.2) is 5.96 Å². The molecule has 0 spiro atoms. The van der Waals surface area contributed by atoms with E-state index in [9.17, 15) is 4.79 Å². The van der Waals surface area contributed by atoms with E-state index >= 15 is 0 Å². The van der Waals surface area contributed by atoms with Crippen LogP contribution in [0.1, 0.15) is 36.5 Å². The molecule has 3 N–H and O–H groups in total. The van der Waals surface area contributed by atoms with E-state index in [4.69, 9.17) is 0 Å². The molecule has 2 aromatic rings. The summed E-state index contributed by atoms with van der Waals surface area (Å²) in [4.78, 5) is 15.4. The molecule has 5 heteroatoms. The second kappa shape index (κ2) is 9.61. The van der Waals surface area contributed by atoms with Gasteiger partial charge in [-0.1, -0.05) is 48.9 Å². The van der Waals surface area contributed by atoms with Gasteiger partial charge in [0.05, 0.1) is 0 Å². The first-order chi connectivity index (χ1) is 12.5. The molecule has 0 aliphatic carbocycles. The van der Waals surface area contributed by atoms with Gasteiger partial charge in [-0.25, -0.2) is 0 Å². The maximum absolute atomic E-state index is 11.2. The van der Waals surface area contributed by atoms with Crippen LogP contribution < -0.4 is 16.0 Å². The molecule has 1 atom stereocenters. The number of hydrogen-bond donors (Lipinski definition) is 3. The Balaban J connectivity index is 1.87. The van der Waals surface area contributed by atoms with Gasteiger partial charge in [-0.05, 0) is 36.1 Å². The zero-order valence-electron chi connectivity index (χ0n) is 16.0. The maximum atomic E-state index is 11.2. The fraction of sp³-hybridized carbons (Fsp3) is 0.333. The van der Waals surface area contributed by atoms with E-state index in [-0.39, 0.29) is 5.91 Å². The molecule has 5 nitrogen and oxygen atoms in total. The number of carbonyl (C=O) groups is 1. The lowest BCUT2D eigenvalue weighted by Gasteiger charge is -2.17. The van der Waals surface area contributed by atoms with Crippen LogP contribution in [0.25, 0.3) is 0 Å². The van der Waals surface area contributed by atoms with E-state index in [1.807, 2.05) is 24.3 Å². The lowest BCUT2D eigenvalue weighted by atomic mass is 9.99. The number of aryl methyl sites for hydroxylation is 1. The van der Waals surface area contributed by atoms with Crippen molar-refractivity contribution in [3.63, 3.8) is 0 Å². The van der Waals surface area contributed by atoms with Crippen molar-refractivity contribution >= 4 is 17.6 Å². The standard InChI is InChI=1S/C21H28N4O/c1-15-7-5-9-19(11-15)16(2)13-23-21(22-4)24-14-18-8-6-10-20(12-18)25-17(3)26/h5-12,16H,13-14H2,1-4H3,(H,25,26)(H2,22,23,24). The number of aliphatic imine (C=N–C) groups is 1. The minimum atomic E-state index is -0.0716. The third-order valence-corrected chi connectivity index (χ3v) is 4.12. The van der Waals surface area contributed by atoms with Crippen molar-refractivity contribution in [3.8, 4) is 0 Å². The summed E-state index contributed by atoms with van der Waals surface area (Å²) in [6.45, 7) is 7.25. The van der Waals surface area contributed by atoms with Gasteiger partial charge in [-0.15, -0.1) is 0 Å². The first kappa shape index (κ1) is 19.5. The topological polar surface area (TPSA) is 65.5 Å². The molecule has 1 amide bonds. The van der Waals surface area contributed by atoms with Gasteiger partial charge in [0.2, 0.25) is 5.91 Å². The maximum Gasteiger partial charge on any atom is 0.221 e. The Bertz CT molecular complexity index is 770. The molecule has 0 radical (unpaired) electrons. The third-order valence-electron chi connectivity index (χ3n) is 4.12. The molecule has 0 aliphatic heterocycles. The molecule has 138 valence electrons. The molecule has 0 saturated heterocycles. The molecular weight excluding hydrogens is 324 g/mol. The number of nitrogens with zero attached hydrogens (tertiary/aromatic N) is 1. The lowest BCUT2D eigenvalue weighted by molar-refractivity contribution is -0.114. The smallest absolute Gasteiger partial charge is 0.221 e. The Hall–Kier alpha value is -2.82. The normalized spacial score (nSPS) is 12.4. The summed E-state index contributed by atoms with van der Waals surface area (Å²) < 4.78 is 0. The Kier molecular flexibility index (Phi) is 7.21. The van der Waals surface area contributed by atoms with Gasteiger partial charge in [-0.2, -0.15) is 0 Å². The summed E-state index contributed by atoms with van der Waals surface area (Å²) in [5, 5.41) is 9.48. The SMILES string of the molecule is CN=C(NCc1cccc(NC(C)=O)c1)NCC(C)c1cccc(C)c1. The Morgan fingerprint density at radius 2 is 1.88 bits per heavy atom. The van der Waals surface area contributed by atoms with Crippen LogP contribution in [0.15, 0.2) is 53.5 Å². The summed E-state index contributed by atoms with van der Waals surface area (Å²) in [6.07, 6.45) is 0. The highest BCUT2D eigenvalue weighted by molar-refractivity contribution is 5.88. The Labute approximate surface area is 155 Å². The number of rotatable bonds is 6. The average molecular weight is 352 g/mol. The van der Waals surface area contributed by atoms with Crippen LogP contribution in [0.2, 0.25) is 0 Å². The van der Waals surface area contributed by atoms with Crippen molar-refractivity contribution in [3.05, 3.63) is 65.2 Å². The summed E-state index contributed by atoms with van der Waals surface area (Å²) >= 11 is 0. The fourth-order valence-corrected chi connectivity index (χ4v) is 2.71. The number of hydrogen-bond acceptors (Lipinski definition) is 2. The average Bonchev–Trinajstić information content (AvgIpc) is 2.61. The van der Waals surface area contributed by atoms with E-state index in [1.165, 1.54) is 18.1 Å². The summed E-state index contributed by atoms with van der Waals surface area (Å²) in [6, 6.07) is 16.4. The van der Waals surface area contributed by atoms with Crippen molar-refractivity contribution in [2.45, 2.75) is 33.2 Å². The van der Waals surface area contributed by atoms with Gasteiger partial charge in [-0.3, -0.25) is 9.79 Å². The predicted molar refractivity (Wildman–Crippen MR) is 109 cm³/mol. The molecular formula is C21H28N4O. The van der Waals surface area contributed by atoms with E-state index in [0.717, 1.165) is 23.8 Å². The van der Waals surface area contributed by atoms with E-state index in [2.05, 4.69) is 59.1 Å². The van der Waals surface area contributed by atoms with Crippen LogP contribution in [0.5, 0.6) is 0 Å². The van der Waals surface area contributed by atoms with Gasteiger partial charge < -0.3 is 16.0 Å². The molecule has 2 aromatic carbocycles. The summed E-state index contributed by atoms with van der Waals surface area (Å²) in [5.41, 5.74) is 4.46. The molecule has 0 fully saturated rings. The third kappa shape index (κ3) is 6.24.